The van der Waals surface area contributed by atoms with E-state index < -0.39 is 0 Å². The van der Waals surface area contributed by atoms with E-state index in [0.29, 0.717) is 5.69 Å². The first kappa shape index (κ1) is 15.4. The molecule has 1 amide bonds. The molecule has 5 heteroatoms. The van der Waals surface area contributed by atoms with E-state index in [1.807, 2.05) is 24.9 Å². The number of carbonyl (C=O) groups excluding carboxylic acids is 1. The monoisotopic (exact) mass is 324 g/mol. The van der Waals surface area contributed by atoms with Crippen molar-refractivity contribution in [1.82, 2.24) is 19.9 Å². The summed E-state index contributed by atoms with van der Waals surface area (Å²) in [6, 6.07) is 10.7. The predicted molar refractivity (Wildman–Crippen MR) is 91.5 cm³/mol. The SMILES string of the molecule is Cc1c(C(=O)N2CC3(CCCCC3)[C@H]2c2ccccc2)nnn1C. The molecule has 2 heterocycles. The van der Waals surface area contributed by atoms with Crippen LogP contribution in [0.3, 0.4) is 0 Å². The molecular formula is C19H24N4O. The molecule has 1 saturated carbocycles. The van der Waals surface area contributed by atoms with E-state index in [2.05, 4.69) is 34.6 Å². The van der Waals surface area contributed by atoms with Crippen molar-refractivity contribution < 1.29 is 4.79 Å². The van der Waals surface area contributed by atoms with Gasteiger partial charge in [-0.1, -0.05) is 54.8 Å². The summed E-state index contributed by atoms with van der Waals surface area (Å²) in [6.45, 7) is 2.75. The molecule has 1 aromatic carbocycles. The largest absolute Gasteiger partial charge is 0.329 e. The van der Waals surface area contributed by atoms with Gasteiger partial charge in [-0.15, -0.1) is 5.10 Å². The quantitative estimate of drug-likeness (QED) is 0.852. The van der Waals surface area contributed by atoms with Gasteiger partial charge in [-0.05, 0) is 25.3 Å². The third kappa shape index (κ3) is 2.26. The van der Waals surface area contributed by atoms with Crippen LogP contribution < -0.4 is 0 Å². The third-order valence-electron chi connectivity index (χ3n) is 5.91. The van der Waals surface area contributed by atoms with Gasteiger partial charge in [0.15, 0.2) is 5.69 Å². The maximum Gasteiger partial charge on any atom is 0.276 e. The first-order valence-electron chi connectivity index (χ1n) is 8.85. The lowest BCUT2D eigenvalue weighted by Gasteiger charge is -2.59. The van der Waals surface area contributed by atoms with Crippen molar-refractivity contribution in [1.29, 1.82) is 0 Å². The van der Waals surface area contributed by atoms with Gasteiger partial charge in [0.05, 0.1) is 11.7 Å². The fourth-order valence-corrected chi connectivity index (χ4v) is 4.52. The van der Waals surface area contributed by atoms with Crippen LogP contribution in [-0.2, 0) is 7.05 Å². The summed E-state index contributed by atoms with van der Waals surface area (Å²) >= 11 is 0. The molecule has 1 atom stereocenters. The fourth-order valence-electron chi connectivity index (χ4n) is 4.52. The predicted octanol–water partition coefficient (Wildman–Crippen LogP) is 3.27. The molecule has 1 aromatic heterocycles. The molecule has 2 aliphatic rings. The summed E-state index contributed by atoms with van der Waals surface area (Å²) in [5, 5.41) is 8.10. The second kappa shape index (κ2) is 5.72. The number of amides is 1. The summed E-state index contributed by atoms with van der Waals surface area (Å²) in [7, 11) is 1.83. The average molecular weight is 324 g/mol. The highest BCUT2D eigenvalue weighted by Gasteiger charge is 2.55. The minimum absolute atomic E-state index is 0.0191. The molecule has 0 bridgehead atoms. The van der Waals surface area contributed by atoms with Crippen molar-refractivity contribution in [2.75, 3.05) is 6.54 Å². The van der Waals surface area contributed by atoms with Gasteiger partial charge >= 0.3 is 0 Å². The van der Waals surface area contributed by atoms with Crippen LogP contribution in [0, 0.1) is 12.3 Å². The second-order valence-electron chi connectivity index (χ2n) is 7.32. The standard InChI is InChI=1S/C19H24N4O/c1-14-16(20-21-22(14)2)18(24)23-13-19(11-7-4-8-12-19)17(23)15-9-5-3-6-10-15/h3,5-6,9-10,17H,4,7-8,11-13H2,1-2H3/t17-/m1/s1. The molecule has 1 spiro atoms. The van der Waals surface area contributed by atoms with E-state index in [4.69, 9.17) is 0 Å². The molecule has 1 aliphatic carbocycles. The maximum absolute atomic E-state index is 13.1. The summed E-state index contributed by atoms with van der Waals surface area (Å²) in [5.41, 5.74) is 2.83. The molecule has 24 heavy (non-hydrogen) atoms. The first-order chi connectivity index (χ1) is 11.6. The molecule has 5 nitrogen and oxygen atoms in total. The number of hydrogen-bond donors (Lipinski definition) is 0. The Morgan fingerprint density at radius 1 is 1.17 bits per heavy atom. The van der Waals surface area contributed by atoms with E-state index >= 15 is 0 Å². The van der Waals surface area contributed by atoms with Gasteiger partial charge in [-0.25, -0.2) is 0 Å². The number of rotatable bonds is 2. The summed E-state index contributed by atoms with van der Waals surface area (Å²) < 4.78 is 1.67. The second-order valence-corrected chi connectivity index (χ2v) is 7.32. The number of likely N-dealkylation sites (tertiary alicyclic amines) is 1. The van der Waals surface area contributed by atoms with Crippen molar-refractivity contribution in [2.45, 2.75) is 45.1 Å². The molecule has 4 rings (SSSR count). The Balaban J connectivity index is 1.68. The topological polar surface area (TPSA) is 51.0 Å². The van der Waals surface area contributed by atoms with Crippen LogP contribution in [0.25, 0.3) is 0 Å². The number of aromatic nitrogens is 3. The van der Waals surface area contributed by atoms with E-state index in [0.717, 1.165) is 12.2 Å². The molecule has 0 radical (unpaired) electrons. The zero-order valence-electron chi connectivity index (χ0n) is 14.4. The van der Waals surface area contributed by atoms with Crippen LogP contribution in [0.2, 0.25) is 0 Å². The van der Waals surface area contributed by atoms with Crippen LogP contribution in [-0.4, -0.2) is 32.3 Å². The van der Waals surface area contributed by atoms with Crippen molar-refractivity contribution in [3.05, 3.63) is 47.3 Å². The van der Waals surface area contributed by atoms with Gasteiger partial charge in [-0.2, -0.15) is 0 Å². The molecular weight excluding hydrogens is 300 g/mol. The fraction of sp³-hybridized carbons (Fsp3) is 0.526. The maximum atomic E-state index is 13.1. The molecule has 1 aliphatic heterocycles. The number of benzene rings is 1. The van der Waals surface area contributed by atoms with Gasteiger partial charge < -0.3 is 4.90 Å². The highest BCUT2D eigenvalue weighted by molar-refractivity contribution is 5.94. The lowest BCUT2D eigenvalue weighted by Crippen LogP contribution is -2.61. The summed E-state index contributed by atoms with van der Waals surface area (Å²) in [5.74, 6) is 0.0191. The van der Waals surface area contributed by atoms with Gasteiger partial charge in [0.2, 0.25) is 0 Å². The number of hydrogen-bond acceptors (Lipinski definition) is 3. The van der Waals surface area contributed by atoms with E-state index in [1.165, 1.54) is 37.7 Å². The highest BCUT2D eigenvalue weighted by atomic mass is 16.2. The molecule has 2 fully saturated rings. The van der Waals surface area contributed by atoms with Gasteiger partial charge in [0.1, 0.15) is 0 Å². The molecule has 0 unspecified atom stereocenters. The van der Waals surface area contributed by atoms with Crippen LogP contribution >= 0.6 is 0 Å². The van der Waals surface area contributed by atoms with Crippen molar-refractivity contribution in [3.8, 4) is 0 Å². The van der Waals surface area contributed by atoms with Crippen molar-refractivity contribution in [2.24, 2.45) is 12.5 Å². The number of carbonyl (C=O) groups is 1. The Hall–Kier alpha value is -2.17. The number of aryl methyl sites for hydroxylation is 1. The average Bonchev–Trinajstić information content (AvgIpc) is 2.93. The van der Waals surface area contributed by atoms with Gasteiger partial charge in [0.25, 0.3) is 5.91 Å². The van der Waals surface area contributed by atoms with Crippen molar-refractivity contribution >= 4 is 5.91 Å². The van der Waals surface area contributed by atoms with Crippen LogP contribution in [0.4, 0.5) is 0 Å². The van der Waals surface area contributed by atoms with Crippen LogP contribution in [0.5, 0.6) is 0 Å². The van der Waals surface area contributed by atoms with E-state index in [9.17, 15) is 4.79 Å². The van der Waals surface area contributed by atoms with Crippen LogP contribution in [0.1, 0.15) is 59.9 Å². The Morgan fingerprint density at radius 3 is 2.50 bits per heavy atom. The third-order valence-corrected chi connectivity index (χ3v) is 5.91. The first-order valence-corrected chi connectivity index (χ1v) is 8.85. The Labute approximate surface area is 142 Å². The Bertz CT molecular complexity index is 746. The normalized spacial score (nSPS) is 22.4. The lowest BCUT2D eigenvalue weighted by molar-refractivity contribution is -0.0773. The number of nitrogens with zero attached hydrogens (tertiary/aromatic N) is 4. The van der Waals surface area contributed by atoms with E-state index in [1.54, 1.807) is 4.68 Å². The molecule has 1 saturated heterocycles. The zero-order chi connectivity index (χ0) is 16.7. The minimum atomic E-state index is 0.0191. The Morgan fingerprint density at radius 2 is 1.88 bits per heavy atom. The molecule has 2 aromatic rings. The van der Waals surface area contributed by atoms with E-state index in [-0.39, 0.29) is 17.4 Å². The van der Waals surface area contributed by atoms with Crippen molar-refractivity contribution in [3.63, 3.8) is 0 Å². The van der Waals surface area contributed by atoms with Gasteiger partial charge in [0, 0.05) is 19.0 Å². The molecule has 0 N–H and O–H groups in total. The smallest absolute Gasteiger partial charge is 0.276 e. The lowest BCUT2D eigenvalue weighted by atomic mass is 9.61. The van der Waals surface area contributed by atoms with Crippen LogP contribution in [0.15, 0.2) is 30.3 Å². The zero-order valence-corrected chi connectivity index (χ0v) is 14.4. The summed E-state index contributed by atoms with van der Waals surface area (Å²) in [6.07, 6.45) is 6.30. The Kier molecular flexibility index (Phi) is 3.66. The van der Waals surface area contributed by atoms with Gasteiger partial charge in [-0.3, -0.25) is 9.48 Å². The molecule has 126 valence electrons. The highest BCUT2D eigenvalue weighted by Crippen LogP contribution is 2.57. The summed E-state index contributed by atoms with van der Waals surface area (Å²) in [4.78, 5) is 15.1. The minimum Gasteiger partial charge on any atom is -0.329 e.